The molecule has 2 fully saturated rings. The van der Waals surface area contributed by atoms with Gasteiger partial charge in [-0.25, -0.2) is 0 Å². The second-order valence-electron chi connectivity index (χ2n) is 5.15. The molecular weight excluding hydrogens is 218 g/mol. The van der Waals surface area contributed by atoms with Crippen molar-refractivity contribution < 1.29 is 9.59 Å². The molecule has 2 saturated heterocycles. The summed E-state index contributed by atoms with van der Waals surface area (Å²) in [7, 11) is 0. The van der Waals surface area contributed by atoms with Crippen molar-refractivity contribution in [1.82, 2.24) is 15.1 Å². The highest BCUT2D eigenvalue weighted by atomic mass is 16.2. The van der Waals surface area contributed by atoms with Gasteiger partial charge < -0.3 is 10.2 Å². The normalized spacial score (nSPS) is 26.8. The third-order valence-electron chi connectivity index (χ3n) is 3.49. The minimum Gasteiger partial charge on any atom is -0.353 e. The van der Waals surface area contributed by atoms with Crippen LogP contribution >= 0.6 is 0 Å². The van der Waals surface area contributed by atoms with Crippen molar-refractivity contribution in [2.24, 2.45) is 5.92 Å². The average molecular weight is 239 g/mol. The Bertz CT molecular complexity index is 306. The first-order valence-electron chi connectivity index (χ1n) is 6.42. The zero-order valence-electron chi connectivity index (χ0n) is 10.4. The van der Waals surface area contributed by atoms with Crippen molar-refractivity contribution in [3.63, 3.8) is 0 Å². The smallest absolute Gasteiger partial charge is 0.239 e. The van der Waals surface area contributed by atoms with Gasteiger partial charge in [-0.3, -0.25) is 14.5 Å². The van der Waals surface area contributed by atoms with E-state index in [2.05, 4.69) is 17.1 Å². The summed E-state index contributed by atoms with van der Waals surface area (Å²) in [5.74, 6) is 0.728. The maximum Gasteiger partial charge on any atom is 0.239 e. The largest absolute Gasteiger partial charge is 0.353 e. The fourth-order valence-electron chi connectivity index (χ4n) is 2.57. The SMILES string of the molecule is CC1CCCN(CC(=O)N2CCNC(=O)C2)C1. The summed E-state index contributed by atoms with van der Waals surface area (Å²) in [6, 6.07) is 0. The molecule has 5 nitrogen and oxygen atoms in total. The molecule has 5 heteroatoms. The second-order valence-corrected chi connectivity index (χ2v) is 5.15. The molecule has 2 aliphatic rings. The fourth-order valence-corrected chi connectivity index (χ4v) is 2.57. The first-order chi connectivity index (χ1) is 8.15. The van der Waals surface area contributed by atoms with Gasteiger partial charge >= 0.3 is 0 Å². The molecule has 0 bridgehead atoms. The lowest BCUT2D eigenvalue weighted by Gasteiger charge is -2.33. The van der Waals surface area contributed by atoms with Crippen molar-refractivity contribution in [2.75, 3.05) is 39.3 Å². The number of piperazine rings is 1. The van der Waals surface area contributed by atoms with E-state index in [-0.39, 0.29) is 18.4 Å². The predicted molar refractivity (Wildman–Crippen MR) is 64.4 cm³/mol. The molecule has 17 heavy (non-hydrogen) atoms. The van der Waals surface area contributed by atoms with Crippen LogP contribution in [-0.4, -0.2) is 60.9 Å². The predicted octanol–water partition coefficient (Wildman–Crippen LogP) is -0.323. The molecule has 2 aliphatic heterocycles. The highest BCUT2D eigenvalue weighted by molar-refractivity contribution is 5.86. The molecule has 0 aromatic carbocycles. The molecule has 2 amide bonds. The number of nitrogens with one attached hydrogen (secondary N) is 1. The van der Waals surface area contributed by atoms with E-state index in [4.69, 9.17) is 0 Å². The van der Waals surface area contributed by atoms with E-state index in [0.717, 1.165) is 13.1 Å². The van der Waals surface area contributed by atoms with Gasteiger partial charge in [0.05, 0.1) is 13.1 Å². The van der Waals surface area contributed by atoms with Crippen LogP contribution in [0.4, 0.5) is 0 Å². The van der Waals surface area contributed by atoms with Crippen LogP contribution in [0.2, 0.25) is 0 Å². The summed E-state index contributed by atoms with van der Waals surface area (Å²) in [5, 5.41) is 2.73. The maximum absolute atomic E-state index is 12.0. The van der Waals surface area contributed by atoms with Crippen LogP contribution in [0.3, 0.4) is 0 Å². The fraction of sp³-hybridized carbons (Fsp3) is 0.833. The summed E-state index contributed by atoms with van der Waals surface area (Å²) in [5.41, 5.74) is 0. The lowest BCUT2D eigenvalue weighted by molar-refractivity contribution is -0.139. The number of hydrogen-bond donors (Lipinski definition) is 1. The van der Waals surface area contributed by atoms with Crippen LogP contribution in [0.25, 0.3) is 0 Å². The topological polar surface area (TPSA) is 52.7 Å². The van der Waals surface area contributed by atoms with Crippen molar-refractivity contribution in [2.45, 2.75) is 19.8 Å². The third kappa shape index (κ3) is 3.43. The highest BCUT2D eigenvalue weighted by Gasteiger charge is 2.24. The molecule has 1 unspecified atom stereocenters. The molecule has 2 rings (SSSR count). The Morgan fingerprint density at radius 2 is 2.29 bits per heavy atom. The van der Waals surface area contributed by atoms with E-state index in [1.54, 1.807) is 4.90 Å². The van der Waals surface area contributed by atoms with Gasteiger partial charge in [-0.15, -0.1) is 0 Å². The van der Waals surface area contributed by atoms with Gasteiger partial charge in [0.1, 0.15) is 0 Å². The van der Waals surface area contributed by atoms with Crippen LogP contribution in [0.1, 0.15) is 19.8 Å². The quantitative estimate of drug-likeness (QED) is 0.718. The molecular formula is C12H21N3O2. The van der Waals surface area contributed by atoms with Crippen molar-refractivity contribution in [3.8, 4) is 0 Å². The summed E-state index contributed by atoms with van der Waals surface area (Å²) in [6.07, 6.45) is 2.44. The van der Waals surface area contributed by atoms with Crippen LogP contribution in [0.15, 0.2) is 0 Å². The Kier molecular flexibility index (Phi) is 3.99. The number of nitrogens with zero attached hydrogens (tertiary/aromatic N) is 2. The Morgan fingerprint density at radius 3 is 3.00 bits per heavy atom. The zero-order chi connectivity index (χ0) is 12.3. The van der Waals surface area contributed by atoms with E-state index < -0.39 is 0 Å². The van der Waals surface area contributed by atoms with Gasteiger partial charge in [-0.2, -0.15) is 0 Å². The molecule has 96 valence electrons. The Hall–Kier alpha value is -1.10. The Balaban J connectivity index is 1.81. The van der Waals surface area contributed by atoms with E-state index >= 15 is 0 Å². The lowest BCUT2D eigenvalue weighted by atomic mass is 10.0. The van der Waals surface area contributed by atoms with Crippen molar-refractivity contribution >= 4 is 11.8 Å². The molecule has 0 saturated carbocycles. The van der Waals surface area contributed by atoms with Crippen LogP contribution in [0.5, 0.6) is 0 Å². The first kappa shape index (κ1) is 12.4. The second kappa shape index (κ2) is 5.49. The number of hydrogen-bond acceptors (Lipinski definition) is 3. The third-order valence-corrected chi connectivity index (χ3v) is 3.49. The number of carbonyl (C=O) groups is 2. The van der Waals surface area contributed by atoms with E-state index in [1.807, 2.05) is 0 Å². The number of rotatable bonds is 2. The van der Waals surface area contributed by atoms with Crippen LogP contribution in [0, 0.1) is 5.92 Å². The molecule has 0 aromatic rings. The highest BCUT2D eigenvalue weighted by Crippen LogP contribution is 2.15. The number of likely N-dealkylation sites (tertiary alicyclic amines) is 1. The number of carbonyl (C=O) groups excluding carboxylic acids is 2. The molecule has 0 aliphatic carbocycles. The van der Waals surface area contributed by atoms with Gasteiger partial charge in [0.25, 0.3) is 0 Å². The molecule has 0 radical (unpaired) electrons. The summed E-state index contributed by atoms with van der Waals surface area (Å²) < 4.78 is 0. The minimum absolute atomic E-state index is 0.0448. The Labute approximate surface area is 102 Å². The minimum atomic E-state index is -0.0448. The van der Waals surface area contributed by atoms with Gasteiger partial charge in [-0.1, -0.05) is 6.92 Å². The number of amides is 2. The molecule has 0 aromatic heterocycles. The summed E-state index contributed by atoms with van der Waals surface area (Å²) >= 11 is 0. The van der Waals surface area contributed by atoms with Gasteiger partial charge in [-0.05, 0) is 25.3 Å². The summed E-state index contributed by atoms with van der Waals surface area (Å²) in [6.45, 7) is 6.17. The molecule has 1 atom stereocenters. The number of piperidine rings is 1. The van der Waals surface area contributed by atoms with E-state index in [0.29, 0.717) is 25.6 Å². The van der Waals surface area contributed by atoms with Gasteiger partial charge in [0.15, 0.2) is 0 Å². The van der Waals surface area contributed by atoms with E-state index in [9.17, 15) is 9.59 Å². The maximum atomic E-state index is 12.0. The monoisotopic (exact) mass is 239 g/mol. The van der Waals surface area contributed by atoms with Crippen LogP contribution < -0.4 is 5.32 Å². The van der Waals surface area contributed by atoms with Crippen molar-refractivity contribution in [3.05, 3.63) is 0 Å². The zero-order valence-corrected chi connectivity index (χ0v) is 10.4. The molecule has 1 N–H and O–H groups in total. The molecule has 2 heterocycles. The average Bonchev–Trinajstić information content (AvgIpc) is 2.29. The Morgan fingerprint density at radius 1 is 1.47 bits per heavy atom. The van der Waals surface area contributed by atoms with Gasteiger partial charge in [0, 0.05) is 19.6 Å². The summed E-state index contributed by atoms with van der Waals surface area (Å²) in [4.78, 5) is 27.1. The van der Waals surface area contributed by atoms with Crippen LogP contribution in [-0.2, 0) is 9.59 Å². The first-order valence-corrected chi connectivity index (χ1v) is 6.42. The standard InChI is InChI=1S/C12H21N3O2/c1-10-3-2-5-14(7-10)9-12(17)15-6-4-13-11(16)8-15/h10H,2-9H2,1H3,(H,13,16). The molecule has 0 spiro atoms. The lowest BCUT2D eigenvalue weighted by Crippen LogP contribution is -2.53. The van der Waals surface area contributed by atoms with E-state index in [1.165, 1.54) is 12.8 Å². The van der Waals surface area contributed by atoms with Gasteiger partial charge in [0.2, 0.25) is 11.8 Å². The van der Waals surface area contributed by atoms with Crippen molar-refractivity contribution in [1.29, 1.82) is 0 Å².